The minimum atomic E-state index is -1.03. The zero-order valence-corrected chi connectivity index (χ0v) is 11.7. The molecule has 1 aliphatic rings. The highest BCUT2D eigenvalue weighted by Crippen LogP contribution is 2.24. The van der Waals surface area contributed by atoms with Crippen LogP contribution in [0.15, 0.2) is 0 Å². The molecule has 1 saturated heterocycles. The fraction of sp³-hybridized carbons (Fsp3) is 0.769. The number of hydrogen-bond donors (Lipinski definition) is 2. The number of aliphatic carboxylic acids is 1. The summed E-state index contributed by atoms with van der Waals surface area (Å²) in [4.78, 5) is 36.1. The van der Waals surface area contributed by atoms with Crippen LogP contribution in [0.4, 0.5) is 0 Å². The molecule has 7 heteroatoms. The summed E-state index contributed by atoms with van der Waals surface area (Å²) in [7, 11) is 0. The third-order valence-electron chi connectivity index (χ3n) is 3.19. The normalized spacial score (nSPS) is 20.3. The summed E-state index contributed by atoms with van der Waals surface area (Å²) < 4.78 is 4.88. The second kappa shape index (κ2) is 7.23. The zero-order valence-electron chi connectivity index (χ0n) is 11.7. The summed E-state index contributed by atoms with van der Waals surface area (Å²) in [5.74, 6) is -2.59. The molecule has 7 nitrogen and oxygen atoms in total. The lowest BCUT2D eigenvalue weighted by molar-refractivity contribution is -0.155. The van der Waals surface area contributed by atoms with E-state index in [9.17, 15) is 14.4 Å². The van der Waals surface area contributed by atoms with Crippen molar-refractivity contribution in [1.29, 1.82) is 0 Å². The van der Waals surface area contributed by atoms with Crippen molar-refractivity contribution in [2.24, 2.45) is 11.8 Å². The van der Waals surface area contributed by atoms with Gasteiger partial charge in [-0.3, -0.25) is 9.59 Å². The van der Waals surface area contributed by atoms with Crippen LogP contribution in [0.5, 0.6) is 0 Å². The van der Waals surface area contributed by atoms with E-state index in [1.807, 2.05) is 13.8 Å². The van der Waals surface area contributed by atoms with E-state index in [1.165, 1.54) is 4.90 Å². The predicted octanol–water partition coefficient (Wildman–Crippen LogP) is -0.130. The Morgan fingerprint density at radius 2 is 2.10 bits per heavy atom. The first-order valence-electron chi connectivity index (χ1n) is 6.66. The first-order chi connectivity index (χ1) is 9.36. The molecule has 1 amide bonds. The van der Waals surface area contributed by atoms with Gasteiger partial charge in [-0.1, -0.05) is 13.8 Å². The lowest BCUT2D eigenvalue weighted by Gasteiger charge is -2.27. The topological polar surface area (TPSA) is 104 Å². The van der Waals surface area contributed by atoms with Crippen LogP contribution in [-0.4, -0.2) is 58.8 Å². The summed E-state index contributed by atoms with van der Waals surface area (Å²) in [6, 6.07) is -0.779. The van der Waals surface area contributed by atoms with Crippen LogP contribution >= 0.6 is 0 Å². The molecule has 0 aromatic rings. The Balaban J connectivity index is 2.80. The van der Waals surface area contributed by atoms with Gasteiger partial charge in [0.25, 0.3) is 0 Å². The van der Waals surface area contributed by atoms with Gasteiger partial charge in [0.2, 0.25) is 5.91 Å². The number of carbonyl (C=O) groups excluding carboxylic acids is 2. The molecule has 0 aromatic heterocycles. The second-order valence-corrected chi connectivity index (χ2v) is 5.32. The van der Waals surface area contributed by atoms with Crippen molar-refractivity contribution in [3.05, 3.63) is 0 Å². The standard InChI is InChI=1S/C13H21NO6/c1-8(2)5-10(13(19)20-4-3-15)14-7-9(12(17)18)6-11(14)16/h8-10,15H,3-7H2,1-2H3,(H,17,18). The van der Waals surface area contributed by atoms with Gasteiger partial charge in [-0.2, -0.15) is 0 Å². The number of aliphatic hydroxyl groups excluding tert-OH is 1. The van der Waals surface area contributed by atoms with E-state index in [0.29, 0.717) is 6.42 Å². The Morgan fingerprint density at radius 3 is 2.55 bits per heavy atom. The molecule has 0 radical (unpaired) electrons. The Labute approximate surface area is 117 Å². The molecule has 2 N–H and O–H groups in total. The number of carboxylic acids is 1. The number of carbonyl (C=O) groups is 3. The monoisotopic (exact) mass is 287 g/mol. The van der Waals surface area contributed by atoms with Gasteiger partial charge in [0.05, 0.1) is 12.5 Å². The summed E-state index contributed by atoms with van der Waals surface area (Å²) in [5, 5.41) is 17.6. The van der Waals surface area contributed by atoms with Crippen molar-refractivity contribution >= 4 is 17.8 Å². The number of ether oxygens (including phenoxy) is 1. The van der Waals surface area contributed by atoms with Gasteiger partial charge in [-0.15, -0.1) is 0 Å². The Bertz CT molecular complexity index is 381. The molecule has 1 rings (SSSR count). The van der Waals surface area contributed by atoms with Crippen LogP contribution in [0, 0.1) is 11.8 Å². The van der Waals surface area contributed by atoms with E-state index < -0.39 is 23.9 Å². The van der Waals surface area contributed by atoms with E-state index >= 15 is 0 Å². The van der Waals surface area contributed by atoms with E-state index in [4.69, 9.17) is 14.9 Å². The molecule has 2 unspecified atom stereocenters. The van der Waals surface area contributed by atoms with Crippen LogP contribution in [0.1, 0.15) is 26.7 Å². The Kier molecular flexibility index (Phi) is 5.94. The highest BCUT2D eigenvalue weighted by atomic mass is 16.5. The van der Waals surface area contributed by atoms with Gasteiger partial charge in [0.15, 0.2) is 0 Å². The highest BCUT2D eigenvalue weighted by molar-refractivity contribution is 5.90. The van der Waals surface area contributed by atoms with Crippen molar-refractivity contribution in [3.63, 3.8) is 0 Å². The summed E-state index contributed by atoms with van der Waals surface area (Å²) in [5.41, 5.74) is 0. The van der Waals surface area contributed by atoms with Crippen molar-refractivity contribution in [2.45, 2.75) is 32.7 Å². The summed E-state index contributed by atoms with van der Waals surface area (Å²) >= 11 is 0. The number of amides is 1. The lowest BCUT2D eigenvalue weighted by Crippen LogP contribution is -2.44. The molecule has 1 aliphatic heterocycles. The lowest BCUT2D eigenvalue weighted by atomic mass is 10.0. The molecular formula is C13H21NO6. The van der Waals surface area contributed by atoms with Gasteiger partial charge in [-0.05, 0) is 12.3 Å². The maximum atomic E-state index is 12.0. The quantitative estimate of drug-likeness (QED) is 0.632. The number of carboxylic acid groups (broad SMARTS) is 1. The fourth-order valence-corrected chi connectivity index (χ4v) is 2.24. The van der Waals surface area contributed by atoms with Crippen molar-refractivity contribution in [3.8, 4) is 0 Å². The van der Waals surface area contributed by atoms with E-state index in [0.717, 1.165) is 0 Å². The molecule has 0 bridgehead atoms. The average molecular weight is 287 g/mol. The smallest absolute Gasteiger partial charge is 0.328 e. The van der Waals surface area contributed by atoms with E-state index in [-0.39, 0.29) is 38.0 Å². The molecule has 0 aromatic carbocycles. The summed E-state index contributed by atoms with van der Waals surface area (Å²) in [6.07, 6.45) is 0.319. The number of aliphatic hydroxyl groups is 1. The van der Waals surface area contributed by atoms with Gasteiger partial charge in [-0.25, -0.2) is 4.79 Å². The van der Waals surface area contributed by atoms with Crippen molar-refractivity contribution < 1.29 is 29.3 Å². The third kappa shape index (κ3) is 4.19. The Hall–Kier alpha value is -1.63. The number of nitrogens with zero attached hydrogens (tertiary/aromatic N) is 1. The zero-order chi connectivity index (χ0) is 15.3. The van der Waals surface area contributed by atoms with Crippen LogP contribution in [-0.2, 0) is 19.1 Å². The largest absolute Gasteiger partial charge is 0.481 e. The van der Waals surface area contributed by atoms with Crippen molar-refractivity contribution in [2.75, 3.05) is 19.8 Å². The second-order valence-electron chi connectivity index (χ2n) is 5.32. The first-order valence-corrected chi connectivity index (χ1v) is 6.66. The molecule has 1 fully saturated rings. The number of rotatable bonds is 7. The third-order valence-corrected chi connectivity index (χ3v) is 3.19. The van der Waals surface area contributed by atoms with Crippen molar-refractivity contribution in [1.82, 2.24) is 4.90 Å². The van der Waals surface area contributed by atoms with Gasteiger partial charge >= 0.3 is 11.9 Å². The van der Waals surface area contributed by atoms with E-state index in [1.54, 1.807) is 0 Å². The van der Waals surface area contributed by atoms with Crippen LogP contribution < -0.4 is 0 Å². The van der Waals surface area contributed by atoms with Gasteiger partial charge in [0, 0.05) is 13.0 Å². The molecule has 0 saturated carbocycles. The van der Waals surface area contributed by atoms with Crippen LogP contribution in [0.3, 0.4) is 0 Å². The minimum absolute atomic E-state index is 0.0276. The van der Waals surface area contributed by atoms with Gasteiger partial charge < -0.3 is 19.8 Å². The molecule has 0 aliphatic carbocycles. The molecule has 114 valence electrons. The number of likely N-dealkylation sites (tertiary alicyclic amines) is 1. The molecule has 0 spiro atoms. The Morgan fingerprint density at radius 1 is 1.45 bits per heavy atom. The highest BCUT2D eigenvalue weighted by Gasteiger charge is 2.41. The molecular weight excluding hydrogens is 266 g/mol. The minimum Gasteiger partial charge on any atom is -0.481 e. The summed E-state index contributed by atoms with van der Waals surface area (Å²) in [6.45, 7) is 3.42. The maximum Gasteiger partial charge on any atom is 0.328 e. The molecule has 2 atom stereocenters. The average Bonchev–Trinajstić information content (AvgIpc) is 2.75. The first kappa shape index (κ1) is 16.4. The van der Waals surface area contributed by atoms with Crippen LogP contribution in [0.25, 0.3) is 0 Å². The van der Waals surface area contributed by atoms with E-state index in [2.05, 4.69) is 0 Å². The van der Waals surface area contributed by atoms with Crippen LogP contribution in [0.2, 0.25) is 0 Å². The number of hydrogen-bond acceptors (Lipinski definition) is 5. The fourth-order valence-electron chi connectivity index (χ4n) is 2.24. The predicted molar refractivity (Wildman–Crippen MR) is 68.7 cm³/mol. The molecule has 20 heavy (non-hydrogen) atoms. The SMILES string of the molecule is CC(C)CC(C(=O)OCCO)N1CC(C(=O)O)CC1=O. The van der Waals surface area contributed by atoms with Gasteiger partial charge in [0.1, 0.15) is 12.6 Å². The molecule has 1 heterocycles. The number of esters is 1. The maximum absolute atomic E-state index is 12.0.